The summed E-state index contributed by atoms with van der Waals surface area (Å²) in [7, 11) is 1.81. The van der Waals surface area contributed by atoms with Crippen LogP contribution >= 0.6 is 0 Å². The van der Waals surface area contributed by atoms with E-state index in [1.54, 1.807) is 0 Å². The van der Waals surface area contributed by atoms with E-state index in [9.17, 15) is 0 Å². The summed E-state index contributed by atoms with van der Waals surface area (Å²) in [5.41, 5.74) is 1.35. The van der Waals surface area contributed by atoms with Crippen molar-refractivity contribution in [2.24, 2.45) is 0 Å². The van der Waals surface area contributed by atoms with E-state index < -0.39 is 0 Å². The molecule has 1 saturated heterocycles. The molecule has 0 aromatic heterocycles. The van der Waals surface area contributed by atoms with Crippen molar-refractivity contribution >= 4 is 0 Å². The number of methoxy groups -OCH3 is 1. The lowest BCUT2D eigenvalue weighted by molar-refractivity contribution is -0.0888. The topological polar surface area (TPSA) is 18.5 Å². The molecule has 15 heavy (non-hydrogen) atoms. The van der Waals surface area contributed by atoms with Crippen molar-refractivity contribution in [3.05, 3.63) is 35.9 Å². The van der Waals surface area contributed by atoms with Gasteiger partial charge < -0.3 is 9.47 Å². The maximum absolute atomic E-state index is 5.70. The molecule has 0 unspecified atom stereocenters. The van der Waals surface area contributed by atoms with Crippen LogP contribution in [0.4, 0.5) is 0 Å². The Morgan fingerprint density at radius 2 is 1.87 bits per heavy atom. The second kappa shape index (κ2) is 4.77. The highest BCUT2D eigenvalue weighted by Crippen LogP contribution is 2.28. The van der Waals surface area contributed by atoms with Gasteiger partial charge in [-0.1, -0.05) is 30.3 Å². The zero-order chi connectivity index (χ0) is 10.6. The van der Waals surface area contributed by atoms with Crippen LogP contribution in [-0.2, 0) is 15.9 Å². The highest BCUT2D eigenvalue weighted by molar-refractivity contribution is 5.17. The zero-order valence-electron chi connectivity index (χ0n) is 9.24. The lowest BCUT2D eigenvalue weighted by Crippen LogP contribution is -2.40. The third kappa shape index (κ3) is 2.58. The molecule has 1 aliphatic rings. The van der Waals surface area contributed by atoms with E-state index in [0.29, 0.717) is 0 Å². The van der Waals surface area contributed by atoms with Gasteiger partial charge in [-0.25, -0.2) is 0 Å². The Labute approximate surface area is 91.2 Å². The van der Waals surface area contributed by atoms with E-state index in [0.717, 1.165) is 32.5 Å². The summed E-state index contributed by atoms with van der Waals surface area (Å²) in [5, 5.41) is 0. The smallest absolute Gasteiger partial charge is 0.0762 e. The van der Waals surface area contributed by atoms with Crippen LogP contribution in [0.15, 0.2) is 30.3 Å². The highest BCUT2D eigenvalue weighted by atomic mass is 16.5. The fraction of sp³-hybridized carbons (Fsp3) is 0.538. The molecule has 1 heterocycles. The maximum Gasteiger partial charge on any atom is 0.0762 e. The van der Waals surface area contributed by atoms with E-state index in [-0.39, 0.29) is 5.60 Å². The molecule has 1 aliphatic heterocycles. The molecular formula is C13H18O2. The van der Waals surface area contributed by atoms with Gasteiger partial charge in [0, 0.05) is 39.6 Å². The van der Waals surface area contributed by atoms with E-state index in [4.69, 9.17) is 9.47 Å². The monoisotopic (exact) mass is 206 g/mol. The van der Waals surface area contributed by atoms with Gasteiger partial charge in [0.15, 0.2) is 0 Å². The van der Waals surface area contributed by atoms with Crippen molar-refractivity contribution < 1.29 is 9.47 Å². The first-order valence-corrected chi connectivity index (χ1v) is 5.51. The van der Waals surface area contributed by atoms with Crippen LogP contribution in [0, 0.1) is 0 Å². The van der Waals surface area contributed by atoms with Crippen LogP contribution in [0.3, 0.4) is 0 Å². The standard InChI is InChI=1S/C13H18O2/c1-14-13(7-9-15-10-8-13)11-12-5-3-2-4-6-12/h2-6H,7-11H2,1H3. The van der Waals surface area contributed by atoms with Crippen molar-refractivity contribution in [2.45, 2.75) is 24.9 Å². The molecule has 0 aliphatic carbocycles. The Kier molecular flexibility index (Phi) is 3.39. The maximum atomic E-state index is 5.70. The van der Waals surface area contributed by atoms with E-state index in [2.05, 4.69) is 24.3 Å². The van der Waals surface area contributed by atoms with Gasteiger partial charge in [0.05, 0.1) is 5.60 Å². The summed E-state index contributed by atoms with van der Waals surface area (Å²) < 4.78 is 11.1. The van der Waals surface area contributed by atoms with Gasteiger partial charge >= 0.3 is 0 Å². The molecule has 0 spiro atoms. The van der Waals surface area contributed by atoms with E-state index in [1.165, 1.54) is 5.56 Å². The summed E-state index contributed by atoms with van der Waals surface area (Å²) in [6.45, 7) is 1.64. The van der Waals surface area contributed by atoms with Crippen LogP contribution in [0.25, 0.3) is 0 Å². The van der Waals surface area contributed by atoms with Gasteiger partial charge in [0.2, 0.25) is 0 Å². The predicted molar refractivity (Wildman–Crippen MR) is 59.9 cm³/mol. The quantitative estimate of drug-likeness (QED) is 0.756. The van der Waals surface area contributed by atoms with Crippen molar-refractivity contribution in [1.82, 2.24) is 0 Å². The Morgan fingerprint density at radius 1 is 1.20 bits per heavy atom. The minimum Gasteiger partial charge on any atom is -0.381 e. The number of ether oxygens (including phenoxy) is 2. The van der Waals surface area contributed by atoms with Gasteiger partial charge in [0.25, 0.3) is 0 Å². The average Bonchev–Trinajstić information content (AvgIpc) is 2.32. The first-order chi connectivity index (χ1) is 7.35. The first kappa shape index (κ1) is 10.7. The Bertz CT molecular complexity index is 289. The minimum atomic E-state index is -0.000394. The van der Waals surface area contributed by atoms with Crippen LogP contribution in [-0.4, -0.2) is 25.9 Å². The first-order valence-electron chi connectivity index (χ1n) is 5.51. The van der Waals surface area contributed by atoms with Crippen molar-refractivity contribution in [1.29, 1.82) is 0 Å². The molecule has 82 valence electrons. The van der Waals surface area contributed by atoms with Crippen LogP contribution in [0.5, 0.6) is 0 Å². The van der Waals surface area contributed by atoms with Crippen LogP contribution in [0.2, 0.25) is 0 Å². The molecular weight excluding hydrogens is 188 g/mol. The van der Waals surface area contributed by atoms with Crippen LogP contribution in [0.1, 0.15) is 18.4 Å². The van der Waals surface area contributed by atoms with Gasteiger partial charge in [-0.15, -0.1) is 0 Å². The predicted octanol–water partition coefficient (Wildman–Crippen LogP) is 2.42. The molecule has 0 N–H and O–H groups in total. The lowest BCUT2D eigenvalue weighted by atomic mass is 9.87. The summed E-state index contributed by atoms with van der Waals surface area (Å²) in [5.74, 6) is 0. The van der Waals surface area contributed by atoms with Gasteiger partial charge in [-0.3, -0.25) is 0 Å². The largest absolute Gasteiger partial charge is 0.381 e. The molecule has 2 nitrogen and oxygen atoms in total. The van der Waals surface area contributed by atoms with Crippen molar-refractivity contribution in [2.75, 3.05) is 20.3 Å². The van der Waals surface area contributed by atoms with Gasteiger partial charge in [-0.2, -0.15) is 0 Å². The van der Waals surface area contributed by atoms with E-state index in [1.807, 2.05) is 13.2 Å². The third-order valence-corrected chi connectivity index (χ3v) is 3.21. The highest BCUT2D eigenvalue weighted by Gasteiger charge is 2.32. The summed E-state index contributed by atoms with van der Waals surface area (Å²) in [6.07, 6.45) is 2.99. The molecule has 0 atom stereocenters. The minimum absolute atomic E-state index is 0.000394. The number of rotatable bonds is 3. The van der Waals surface area contributed by atoms with Gasteiger partial charge in [-0.05, 0) is 5.56 Å². The molecule has 0 radical (unpaired) electrons. The number of hydrogen-bond acceptors (Lipinski definition) is 2. The molecule has 0 amide bonds. The zero-order valence-corrected chi connectivity index (χ0v) is 9.24. The molecule has 1 aromatic carbocycles. The van der Waals surface area contributed by atoms with Crippen molar-refractivity contribution in [3.63, 3.8) is 0 Å². The molecule has 2 heteroatoms. The summed E-state index contributed by atoms with van der Waals surface area (Å²) in [6, 6.07) is 10.5. The van der Waals surface area contributed by atoms with Crippen molar-refractivity contribution in [3.8, 4) is 0 Å². The molecule has 0 saturated carbocycles. The van der Waals surface area contributed by atoms with E-state index >= 15 is 0 Å². The average molecular weight is 206 g/mol. The normalized spacial score (nSPS) is 20.1. The van der Waals surface area contributed by atoms with Gasteiger partial charge in [0.1, 0.15) is 0 Å². The van der Waals surface area contributed by atoms with Crippen LogP contribution < -0.4 is 0 Å². The Balaban J connectivity index is 2.07. The summed E-state index contributed by atoms with van der Waals surface area (Å²) >= 11 is 0. The molecule has 2 rings (SSSR count). The number of benzene rings is 1. The Morgan fingerprint density at radius 3 is 2.47 bits per heavy atom. The molecule has 1 fully saturated rings. The summed E-state index contributed by atoms with van der Waals surface area (Å²) in [4.78, 5) is 0. The number of hydrogen-bond donors (Lipinski definition) is 0. The lowest BCUT2D eigenvalue weighted by Gasteiger charge is -2.36. The second-order valence-corrected chi connectivity index (χ2v) is 4.16. The molecule has 1 aromatic rings. The SMILES string of the molecule is COC1(Cc2ccccc2)CCOCC1. The second-order valence-electron chi connectivity index (χ2n) is 4.16. The Hall–Kier alpha value is -0.860. The molecule has 0 bridgehead atoms. The third-order valence-electron chi connectivity index (χ3n) is 3.21. The fourth-order valence-corrected chi connectivity index (χ4v) is 2.16. The fourth-order valence-electron chi connectivity index (χ4n) is 2.16.